The highest BCUT2D eigenvalue weighted by atomic mass is 32.2. The molecule has 0 atom stereocenters. The van der Waals surface area contributed by atoms with Gasteiger partial charge in [-0.05, 0) is 6.42 Å². The van der Waals surface area contributed by atoms with Crippen LogP contribution in [0.3, 0.4) is 0 Å². The third-order valence-electron chi connectivity index (χ3n) is 2.57. The number of pyridine rings is 1. The Morgan fingerprint density at radius 2 is 2.05 bits per heavy atom. The Bertz CT molecular complexity index is 450. The van der Waals surface area contributed by atoms with Gasteiger partial charge < -0.3 is 21.3 Å². The Balaban J connectivity index is 0.00000211. The largest absolute Gasteiger partial charge is 0.484 e. The fraction of sp³-hybridized carbons (Fsp3) is 0.467. The highest BCUT2D eigenvalue weighted by Crippen LogP contribution is 2.10. The van der Waals surface area contributed by atoms with Crippen LogP contribution in [0.2, 0.25) is 0 Å². The zero-order valence-corrected chi connectivity index (χ0v) is 14.0. The van der Waals surface area contributed by atoms with Crippen LogP contribution in [0.15, 0.2) is 36.4 Å². The molecule has 0 bridgehead atoms. The minimum atomic E-state index is -0.0138. The summed E-state index contributed by atoms with van der Waals surface area (Å²) in [6.07, 6.45) is 6.94. The minimum absolute atomic E-state index is 0.0138. The first-order chi connectivity index (χ1) is 10.7. The van der Waals surface area contributed by atoms with Gasteiger partial charge >= 0.3 is 0 Å². The third-order valence-corrected chi connectivity index (χ3v) is 3.41. The summed E-state index contributed by atoms with van der Waals surface area (Å²) in [6, 6.07) is 3.73. The lowest BCUT2D eigenvalue weighted by molar-refractivity contribution is -0.697. The van der Waals surface area contributed by atoms with Gasteiger partial charge in [0.1, 0.15) is 12.3 Å². The van der Waals surface area contributed by atoms with Gasteiger partial charge in [-0.1, -0.05) is 18.7 Å². The first-order valence-corrected chi connectivity index (χ1v) is 8.02. The van der Waals surface area contributed by atoms with E-state index in [1.165, 1.54) is 18.0 Å². The third kappa shape index (κ3) is 9.25. The number of nitrogens with zero attached hydrogens (tertiary/aromatic N) is 1. The molecule has 0 unspecified atom stereocenters. The van der Waals surface area contributed by atoms with Crippen LogP contribution in [0.5, 0.6) is 5.75 Å². The van der Waals surface area contributed by atoms with Crippen molar-refractivity contribution in [3.05, 3.63) is 36.4 Å². The molecule has 1 rings (SSSR count). The molecule has 1 aromatic heterocycles. The number of rotatable bonds is 8. The second-order valence-corrected chi connectivity index (χ2v) is 5.42. The summed E-state index contributed by atoms with van der Waals surface area (Å²) in [4.78, 5) is 11.6. The van der Waals surface area contributed by atoms with Crippen molar-refractivity contribution in [2.24, 2.45) is 11.5 Å². The molecule has 0 saturated carbocycles. The molecule has 1 aromatic rings. The number of aryl methyl sites for hydroxylation is 1. The fourth-order valence-corrected chi connectivity index (χ4v) is 2.20. The van der Waals surface area contributed by atoms with Crippen LogP contribution in [0.4, 0.5) is 0 Å². The van der Waals surface area contributed by atoms with Gasteiger partial charge in [-0.25, -0.2) is 4.57 Å². The SMILES string of the molecule is CCC[n+]1ccc(OCC(=O)SCC/C(N)=C/N)cc1.CO. The van der Waals surface area contributed by atoms with Crippen molar-refractivity contribution in [3.8, 4) is 5.75 Å². The van der Waals surface area contributed by atoms with E-state index in [1.54, 1.807) is 0 Å². The molecule has 5 N–H and O–H groups in total. The predicted molar refractivity (Wildman–Crippen MR) is 89.1 cm³/mol. The standard InChI is InChI=1S/C14H22N3O2S.CH4O/c1-2-6-17-7-3-13(4-8-17)19-11-14(18)20-9-5-12(16)10-15;1-2/h3-4,7-8,10H,2,5-6,9,11,15-16H2,1H3;2H,1H3/q+1;/b12-10-;. The fourth-order valence-electron chi connectivity index (χ4n) is 1.50. The molecule has 124 valence electrons. The van der Waals surface area contributed by atoms with Crippen molar-refractivity contribution in [1.82, 2.24) is 0 Å². The van der Waals surface area contributed by atoms with E-state index >= 15 is 0 Å². The normalized spacial score (nSPS) is 10.6. The van der Waals surface area contributed by atoms with Crippen molar-refractivity contribution in [2.75, 3.05) is 19.5 Å². The number of allylic oxidation sites excluding steroid dienone is 1. The summed E-state index contributed by atoms with van der Waals surface area (Å²) in [5, 5.41) is 6.99. The molecule has 0 fully saturated rings. The molecule has 0 aliphatic carbocycles. The van der Waals surface area contributed by atoms with E-state index in [2.05, 4.69) is 11.5 Å². The molecule has 0 spiro atoms. The monoisotopic (exact) mass is 328 g/mol. The zero-order valence-electron chi connectivity index (χ0n) is 13.2. The summed E-state index contributed by atoms with van der Waals surface area (Å²) in [5.41, 5.74) is 11.4. The highest BCUT2D eigenvalue weighted by Gasteiger charge is 2.06. The Labute approximate surface area is 136 Å². The molecule has 0 saturated heterocycles. The Hall–Kier alpha value is -1.73. The molecule has 0 aromatic carbocycles. The summed E-state index contributed by atoms with van der Waals surface area (Å²) >= 11 is 1.21. The van der Waals surface area contributed by atoms with Crippen LogP contribution < -0.4 is 20.8 Å². The topological polar surface area (TPSA) is 102 Å². The van der Waals surface area contributed by atoms with Gasteiger partial charge in [-0.15, -0.1) is 0 Å². The smallest absolute Gasteiger partial charge is 0.226 e. The van der Waals surface area contributed by atoms with E-state index in [0.29, 0.717) is 23.6 Å². The van der Waals surface area contributed by atoms with Crippen LogP contribution in [0.25, 0.3) is 0 Å². The number of aliphatic hydroxyl groups excluding tert-OH is 1. The second kappa shape index (κ2) is 13.0. The lowest BCUT2D eigenvalue weighted by atomic mass is 10.4. The quantitative estimate of drug-likeness (QED) is 0.610. The second-order valence-electron chi connectivity index (χ2n) is 4.27. The van der Waals surface area contributed by atoms with Gasteiger partial charge in [-0.3, -0.25) is 4.79 Å². The number of carbonyl (C=O) groups excluding carboxylic acids is 1. The van der Waals surface area contributed by atoms with Crippen molar-refractivity contribution < 1.29 is 19.2 Å². The number of ether oxygens (including phenoxy) is 1. The molecule has 0 amide bonds. The summed E-state index contributed by atoms with van der Waals surface area (Å²) in [6.45, 7) is 3.17. The number of nitrogens with two attached hydrogens (primary N) is 2. The lowest BCUT2D eigenvalue weighted by Gasteiger charge is -2.04. The van der Waals surface area contributed by atoms with E-state index < -0.39 is 0 Å². The highest BCUT2D eigenvalue weighted by molar-refractivity contribution is 8.13. The van der Waals surface area contributed by atoms with Gasteiger partial charge in [0.05, 0.1) is 0 Å². The minimum Gasteiger partial charge on any atom is -0.484 e. The van der Waals surface area contributed by atoms with Crippen molar-refractivity contribution in [1.29, 1.82) is 0 Å². The lowest BCUT2D eigenvalue weighted by Crippen LogP contribution is -2.31. The van der Waals surface area contributed by atoms with Crippen molar-refractivity contribution in [3.63, 3.8) is 0 Å². The molecule has 1 heterocycles. The Morgan fingerprint density at radius 1 is 1.41 bits per heavy atom. The molecular formula is C15H26N3O3S+. The molecule has 0 aliphatic rings. The summed E-state index contributed by atoms with van der Waals surface area (Å²) in [7, 11) is 1.00. The van der Waals surface area contributed by atoms with Crippen LogP contribution in [-0.4, -0.2) is 29.7 Å². The van der Waals surface area contributed by atoms with Crippen LogP contribution in [0.1, 0.15) is 19.8 Å². The molecule has 0 radical (unpaired) electrons. The van der Waals surface area contributed by atoms with E-state index in [9.17, 15) is 4.79 Å². The van der Waals surface area contributed by atoms with Gasteiger partial charge in [-0.2, -0.15) is 0 Å². The molecule has 7 heteroatoms. The summed E-state index contributed by atoms with van der Waals surface area (Å²) in [5.74, 6) is 1.32. The number of thioether (sulfide) groups is 1. The molecule has 0 aliphatic heterocycles. The average Bonchev–Trinajstić information content (AvgIpc) is 2.56. The maximum atomic E-state index is 11.6. The van der Waals surface area contributed by atoms with E-state index in [4.69, 9.17) is 21.3 Å². The van der Waals surface area contributed by atoms with E-state index in [0.717, 1.165) is 20.1 Å². The Kier molecular flexibility index (Phi) is 11.9. The number of aromatic nitrogens is 1. The molecular weight excluding hydrogens is 302 g/mol. The molecule has 22 heavy (non-hydrogen) atoms. The maximum absolute atomic E-state index is 11.6. The van der Waals surface area contributed by atoms with Crippen LogP contribution in [0, 0.1) is 0 Å². The van der Waals surface area contributed by atoms with Crippen molar-refractivity contribution in [2.45, 2.75) is 26.3 Å². The van der Waals surface area contributed by atoms with Gasteiger partial charge in [0, 0.05) is 43.3 Å². The van der Waals surface area contributed by atoms with E-state index in [1.807, 2.05) is 24.5 Å². The first kappa shape index (κ1) is 20.3. The number of aliphatic hydroxyl groups is 1. The van der Waals surface area contributed by atoms with Crippen molar-refractivity contribution >= 4 is 16.9 Å². The van der Waals surface area contributed by atoms with E-state index in [-0.39, 0.29) is 11.7 Å². The van der Waals surface area contributed by atoms with Crippen LogP contribution in [-0.2, 0) is 11.3 Å². The summed E-state index contributed by atoms with van der Waals surface area (Å²) < 4.78 is 7.51. The van der Waals surface area contributed by atoms with Gasteiger partial charge in [0.25, 0.3) is 0 Å². The average molecular weight is 328 g/mol. The maximum Gasteiger partial charge on any atom is 0.226 e. The zero-order chi connectivity index (χ0) is 16.8. The first-order valence-electron chi connectivity index (χ1n) is 7.04. The van der Waals surface area contributed by atoms with Gasteiger partial charge in [0.15, 0.2) is 19.0 Å². The number of hydrogen-bond donors (Lipinski definition) is 3. The predicted octanol–water partition coefficient (Wildman–Crippen LogP) is 0.780. The number of carbonyl (C=O) groups is 1. The van der Waals surface area contributed by atoms with Gasteiger partial charge in [0.2, 0.25) is 5.12 Å². The van der Waals surface area contributed by atoms with Crippen LogP contribution >= 0.6 is 11.8 Å². The molecule has 6 nitrogen and oxygen atoms in total. The Morgan fingerprint density at radius 3 is 2.59 bits per heavy atom. The number of hydrogen-bond acceptors (Lipinski definition) is 6.